The molecule has 0 bridgehead atoms. The van der Waals surface area contributed by atoms with E-state index < -0.39 is 10.0 Å². The summed E-state index contributed by atoms with van der Waals surface area (Å²) >= 11 is 6.85. The number of carbonyl (C=O) groups is 1. The number of hydrogen-bond donors (Lipinski definition) is 1. The van der Waals surface area contributed by atoms with E-state index in [4.69, 9.17) is 21.8 Å². The number of thiophene rings is 1. The van der Waals surface area contributed by atoms with Crippen molar-refractivity contribution in [3.05, 3.63) is 40.1 Å². The molecular formula is C14H17Cl2N3O4S2. The van der Waals surface area contributed by atoms with Crippen molar-refractivity contribution in [2.45, 2.75) is 10.8 Å². The molecule has 1 saturated heterocycles. The van der Waals surface area contributed by atoms with Crippen molar-refractivity contribution < 1.29 is 17.6 Å². The first-order valence-electron chi connectivity index (χ1n) is 7.24. The highest BCUT2D eigenvalue weighted by atomic mass is 35.5. The Hall–Kier alpha value is -1.10. The van der Waals surface area contributed by atoms with Gasteiger partial charge in [-0.05, 0) is 18.2 Å². The maximum absolute atomic E-state index is 12.5. The van der Waals surface area contributed by atoms with Gasteiger partial charge in [0.2, 0.25) is 0 Å². The van der Waals surface area contributed by atoms with Gasteiger partial charge in [0, 0.05) is 26.2 Å². The van der Waals surface area contributed by atoms with Crippen LogP contribution in [0.5, 0.6) is 0 Å². The van der Waals surface area contributed by atoms with Crippen LogP contribution in [0.25, 0.3) is 0 Å². The molecule has 0 aromatic carbocycles. The molecule has 0 spiro atoms. The molecule has 1 amide bonds. The fourth-order valence-corrected chi connectivity index (χ4v) is 5.54. The Labute approximate surface area is 160 Å². The second-order valence-corrected chi connectivity index (χ2v) is 9.14. The summed E-state index contributed by atoms with van der Waals surface area (Å²) in [5.74, 6) is 0.351. The molecule has 0 saturated carbocycles. The van der Waals surface area contributed by atoms with Crippen LogP contribution in [0.1, 0.15) is 16.1 Å². The van der Waals surface area contributed by atoms with Crippen LogP contribution in [0.4, 0.5) is 0 Å². The number of amides is 1. The van der Waals surface area contributed by atoms with Gasteiger partial charge < -0.3 is 15.1 Å². The standard InChI is InChI=1S/C14H16ClN3O4S2.ClH/c15-12-1-2-13(23-12)24(20,21)18-5-3-17(4-6-18)14(19)10-7-11(8-16)22-9-10;/h1-2,7,9H,3-6,8,16H2;1H. The first-order valence-corrected chi connectivity index (χ1v) is 9.87. The van der Waals surface area contributed by atoms with E-state index in [9.17, 15) is 13.2 Å². The maximum Gasteiger partial charge on any atom is 0.257 e. The third-order valence-corrected chi connectivity index (χ3v) is 7.37. The van der Waals surface area contributed by atoms with Crippen molar-refractivity contribution in [1.29, 1.82) is 0 Å². The van der Waals surface area contributed by atoms with Crippen LogP contribution < -0.4 is 5.73 Å². The Bertz CT molecular complexity index is 842. The lowest BCUT2D eigenvalue weighted by Gasteiger charge is -2.33. The Morgan fingerprint density at radius 3 is 2.48 bits per heavy atom. The molecule has 138 valence electrons. The Morgan fingerprint density at radius 2 is 1.96 bits per heavy atom. The third kappa shape index (κ3) is 4.18. The SMILES string of the molecule is Cl.NCc1cc(C(=O)N2CCN(S(=O)(=O)c3ccc(Cl)s3)CC2)co1. The molecule has 0 aliphatic carbocycles. The molecule has 0 unspecified atom stereocenters. The quantitative estimate of drug-likeness (QED) is 0.807. The molecular weight excluding hydrogens is 409 g/mol. The van der Waals surface area contributed by atoms with Gasteiger partial charge in [0.15, 0.2) is 0 Å². The highest BCUT2D eigenvalue weighted by Gasteiger charge is 2.31. The van der Waals surface area contributed by atoms with Gasteiger partial charge in [-0.1, -0.05) is 11.6 Å². The zero-order valence-electron chi connectivity index (χ0n) is 13.1. The summed E-state index contributed by atoms with van der Waals surface area (Å²) in [4.78, 5) is 14.0. The molecule has 0 atom stereocenters. The molecule has 7 nitrogen and oxygen atoms in total. The van der Waals surface area contributed by atoms with Gasteiger partial charge in [-0.2, -0.15) is 4.31 Å². The Morgan fingerprint density at radius 1 is 1.28 bits per heavy atom. The van der Waals surface area contributed by atoms with Crippen molar-refractivity contribution >= 4 is 51.3 Å². The number of hydrogen-bond acceptors (Lipinski definition) is 6. The molecule has 11 heteroatoms. The Balaban J connectivity index is 0.00000225. The van der Waals surface area contributed by atoms with Crippen LogP contribution in [0.3, 0.4) is 0 Å². The van der Waals surface area contributed by atoms with Crippen LogP contribution in [0, 0.1) is 0 Å². The molecule has 1 fully saturated rings. The maximum atomic E-state index is 12.5. The Kier molecular flexibility index (Phi) is 6.52. The lowest BCUT2D eigenvalue weighted by molar-refractivity contribution is 0.0697. The molecule has 2 N–H and O–H groups in total. The first-order chi connectivity index (χ1) is 11.4. The molecule has 25 heavy (non-hydrogen) atoms. The lowest BCUT2D eigenvalue weighted by Crippen LogP contribution is -2.50. The van der Waals surface area contributed by atoms with Crippen LogP contribution >= 0.6 is 35.3 Å². The minimum Gasteiger partial charge on any atom is -0.467 e. The van der Waals surface area contributed by atoms with E-state index in [0.29, 0.717) is 28.7 Å². The summed E-state index contributed by atoms with van der Waals surface area (Å²) in [5.41, 5.74) is 5.89. The normalized spacial score (nSPS) is 15.8. The van der Waals surface area contributed by atoms with Crippen molar-refractivity contribution in [2.75, 3.05) is 26.2 Å². The minimum absolute atomic E-state index is 0. The fraction of sp³-hybridized carbons (Fsp3) is 0.357. The predicted octanol–water partition coefficient (Wildman–Crippen LogP) is 2.02. The van der Waals surface area contributed by atoms with E-state index in [0.717, 1.165) is 11.3 Å². The van der Waals surface area contributed by atoms with Crippen LogP contribution in [-0.2, 0) is 16.6 Å². The molecule has 2 aromatic rings. The van der Waals surface area contributed by atoms with Gasteiger partial charge in [-0.25, -0.2) is 8.42 Å². The predicted molar refractivity (Wildman–Crippen MR) is 97.8 cm³/mol. The highest BCUT2D eigenvalue weighted by molar-refractivity contribution is 7.91. The lowest BCUT2D eigenvalue weighted by atomic mass is 10.2. The second kappa shape index (κ2) is 8.07. The number of carbonyl (C=O) groups excluding carboxylic acids is 1. The molecule has 1 aliphatic heterocycles. The molecule has 3 rings (SSSR count). The highest BCUT2D eigenvalue weighted by Crippen LogP contribution is 2.28. The van der Waals surface area contributed by atoms with E-state index in [1.807, 2.05) is 0 Å². The van der Waals surface area contributed by atoms with Crippen molar-refractivity contribution in [3.63, 3.8) is 0 Å². The topological polar surface area (TPSA) is 96.9 Å². The van der Waals surface area contributed by atoms with Gasteiger partial charge in [-0.3, -0.25) is 4.79 Å². The number of nitrogens with two attached hydrogens (primary N) is 1. The van der Waals surface area contributed by atoms with Crippen LogP contribution in [0.15, 0.2) is 33.1 Å². The van der Waals surface area contributed by atoms with Gasteiger partial charge in [0.05, 0.1) is 16.4 Å². The smallest absolute Gasteiger partial charge is 0.257 e. The van der Waals surface area contributed by atoms with Crippen molar-refractivity contribution in [1.82, 2.24) is 9.21 Å². The third-order valence-electron chi connectivity index (χ3n) is 3.77. The van der Waals surface area contributed by atoms with E-state index >= 15 is 0 Å². The average Bonchev–Trinajstić information content (AvgIpc) is 3.23. The van der Waals surface area contributed by atoms with Crippen molar-refractivity contribution in [2.24, 2.45) is 5.73 Å². The van der Waals surface area contributed by atoms with E-state index in [1.165, 1.54) is 16.6 Å². The zero-order chi connectivity index (χ0) is 17.3. The molecule has 2 aromatic heterocycles. The second-order valence-electron chi connectivity index (χ2n) is 5.26. The summed E-state index contributed by atoms with van der Waals surface area (Å²) in [6.07, 6.45) is 1.38. The van der Waals surface area contributed by atoms with Crippen LogP contribution in [-0.4, -0.2) is 49.7 Å². The summed E-state index contributed by atoms with van der Waals surface area (Å²) in [7, 11) is -3.56. The summed E-state index contributed by atoms with van der Waals surface area (Å²) < 4.78 is 32.3. The number of sulfonamides is 1. The number of piperazine rings is 1. The summed E-state index contributed by atoms with van der Waals surface area (Å²) in [5, 5.41) is 0. The van der Waals surface area contributed by atoms with E-state index in [-0.39, 0.29) is 42.2 Å². The first kappa shape index (κ1) is 20.2. The summed E-state index contributed by atoms with van der Waals surface area (Å²) in [6.45, 7) is 1.35. The van der Waals surface area contributed by atoms with E-state index in [1.54, 1.807) is 17.0 Å². The minimum atomic E-state index is -3.56. The van der Waals surface area contributed by atoms with E-state index in [2.05, 4.69) is 0 Å². The largest absolute Gasteiger partial charge is 0.467 e. The number of halogens is 2. The van der Waals surface area contributed by atoms with Crippen LogP contribution in [0.2, 0.25) is 4.34 Å². The van der Waals surface area contributed by atoms with Gasteiger partial charge in [-0.15, -0.1) is 23.7 Å². The molecule has 0 radical (unpaired) electrons. The number of furan rings is 1. The fourth-order valence-electron chi connectivity index (χ4n) is 2.48. The summed E-state index contributed by atoms with van der Waals surface area (Å²) in [6, 6.07) is 4.67. The zero-order valence-corrected chi connectivity index (χ0v) is 16.3. The molecule has 3 heterocycles. The monoisotopic (exact) mass is 425 g/mol. The average molecular weight is 426 g/mol. The number of rotatable bonds is 4. The molecule has 1 aliphatic rings. The van der Waals surface area contributed by atoms with Gasteiger partial charge in [0.1, 0.15) is 16.2 Å². The van der Waals surface area contributed by atoms with Gasteiger partial charge >= 0.3 is 0 Å². The van der Waals surface area contributed by atoms with Crippen molar-refractivity contribution in [3.8, 4) is 0 Å². The number of nitrogens with zero attached hydrogens (tertiary/aromatic N) is 2. The van der Waals surface area contributed by atoms with Gasteiger partial charge in [0.25, 0.3) is 15.9 Å².